The number of nitriles is 1. The molecule has 0 amide bonds. The zero-order chi connectivity index (χ0) is 9.26. The molecule has 0 spiro atoms. The molecule has 13 heavy (non-hydrogen) atoms. The number of hydrogen-bond acceptors (Lipinski definition) is 3. The fourth-order valence-corrected chi connectivity index (χ4v) is 1.50. The lowest BCUT2D eigenvalue weighted by Crippen LogP contribution is -2.12. The van der Waals surface area contributed by atoms with E-state index in [0.29, 0.717) is 22.9 Å². The van der Waals surface area contributed by atoms with Gasteiger partial charge in [-0.15, -0.1) is 0 Å². The van der Waals surface area contributed by atoms with Crippen molar-refractivity contribution in [3.05, 3.63) is 28.3 Å². The molecule has 1 heterocycles. The molecular formula is C9H6ClNO2. The second-order valence-corrected chi connectivity index (χ2v) is 3.10. The van der Waals surface area contributed by atoms with E-state index >= 15 is 0 Å². The van der Waals surface area contributed by atoms with Crippen molar-refractivity contribution in [2.24, 2.45) is 0 Å². The molecule has 0 bridgehead atoms. The highest BCUT2D eigenvalue weighted by atomic mass is 35.5. The number of ether oxygens (including phenoxy) is 2. The third kappa shape index (κ3) is 1.46. The molecule has 1 aliphatic rings. The Morgan fingerprint density at radius 2 is 2.31 bits per heavy atom. The fraction of sp³-hybridized carbons (Fsp3) is 0.222. The number of rotatable bonds is 0. The predicted molar refractivity (Wildman–Crippen MR) is 46.5 cm³/mol. The molecule has 0 saturated heterocycles. The largest absolute Gasteiger partial charge is 0.466 e. The predicted octanol–water partition coefficient (Wildman–Crippen LogP) is 2.08. The second kappa shape index (κ2) is 3.25. The summed E-state index contributed by atoms with van der Waals surface area (Å²) in [4.78, 5) is 0. The molecule has 3 nitrogen and oxygen atoms in total. The first-order valence-corrected chi connectivity index (χ1v) is 4.12. The first-order chi connectivity index (χ1) is 6.31. The van der Waals surface area contributed by atoms with Crippen LogP contribution in [0.1, 0.15) is 11.1 Å². The summed E-state index contributed by atoms with van der Waals surface area (Å²) >= 11 is 5.80. The van der Waals surface area contributed by atoms with Crippen LogP contribution in [0.5, 0.6) is 5.75 Å². The highest BCUT2D eigenvalue weighted by molar-refractivity contribution is 6.30. The summed E-state index contributed by atoms with van der Waals surface area (Å²) in [5, 5.41) is 9.32. The summed E-state index contributed by atoms with van der Waals surface area (Å²) in [7, 11) is 0. The Morgan fingerprint density at radius 3 is 3.08 bits per heavy atom. The summed E-state index contributed by atoms with van der Waals surface area (Å²) in [5.41, 5.74) is 1.29. The highest BCUT2D eigenvalue weighted by Gasteiger charge is 2.15. The van der Waals surface area contributed by atoms with Crippen LogP contribution in [0.15, 0.2) is 12.1 Å². The van der Waals surface area contributed by atoms with E-state index in [4.69, 9.17) is 26.3 Å². The first kappa shape index (κ1) is 8.36. The van der Waals surface area contributed by atoms with Crippen molar-refractivity contribution in [2.45, 2.75) is 6.61 Å². The Balaban J connectivity index is 2.58. The van der Waals surface area contributed by atoms with Crippen LogP contribution < -0.4 is 4.74 Å². The highest BCUT2D eigenvalue weighted by Crippen LogP contribution is 2.30. The molecule has 4 heteroatoms. The van der Waals surface area contributed by atoms with Crippen molar-refractivity contribution < 1.29 is 9.47 Å². The molecule has 0 saturated carbocycles. The zero-order valence-electron chi connectivity index (χ0n) is 6.71. The van der Waals surface area contributed by atoms with Crippen molar-refractivity contribution in [1.82, 2.24) is 0 Å². The van der Waals surface area contributed by atoms with Crippen molar-refractivity contribution in [3.8, 4) is 11.8 Å². The van der Waals surface area contributed by atoms with Gasteiger partial charge in [-0.3, -0.25) is 0 Å². The standard InChI is InChI=1S/C9H6ClNO2/c10-8-1-6(3-11)9-7(2-8)4-12-5-13-9/h1-2H,4-5H2. The van der Waals surface area contributed by atoms with Gasteiger partial charge in [0.15, 0.2) is 6.79 Å². The van der Waals surface area contributed by atoms with E-state index in [1.54, 1.807) is 12.1 Å². The lowest BCUT2D eigenvalue weighted by molar-refractivity contribution is -0.0165. The molecule has 0 N–H and O–H groups in total. The Morgan fingerprint density at radius 1 is 1.46 bits per heavy atom. The summed E-state index contributed by atoms with van der Waals surface area (Å²) in [5.74, 6) is 0.596. The SMILES string of the molecule is N#Cc1cc(Cl)cc2c1OCOC2. The fourth-order valence-electron chi connectivity index (χ4n) is 1.26. The normalized spacial score (nSPS) is 14.2. The maximum absolute atomic E-state index is 8.79. The number of fused-ring (bicyclic) bond motifs is 1. The maximum atomic E-state index is 8.79. The van der Waals surface area contributed by atoms with E-state index in [-0.39, 0.29) is 6.79 Å². The quantitative estimate of drug-likeness (QED) is 0.637. The van der Waals surface area contributed by atoms with Crippen molar-refractivity contribution in [2.75, 3.05) is 6.79 Å². The van der Waals surface area contributed by atoms with Gasteiger partial charge in [-0.1, -0.05) is 11.6 Å². The smallest absolute Gasteiger partial charge is 0.189 e. The molecule has 0 aromatic heterocycles. The van der Waals surface area contributed by atoms with Crippen molar-refractivity contribution in [3.63, 3.8) is 0 Å². The molecule has 0 radical (unpaired) electrons. The topological polar surface area (TPSA) is 42.2 Å². The van der Waals surface area contributed by atoms with Crippen LogP contribution in [0.25, 0.3) is 0 Å². The zero-order valence-corrected chi connectivity index (χ0v) is 7.47. The summed E-state index contributed by atoms with van der Waals surface area (Å²) in [6.45, 7) is 0.647. The lowest BCUT2D eigenvalue weighted by Gasteiger charge is -2.18. The third-order valence-electron chi connectivity index (χ3n) is 1.80. The van der Waals surface area contributed by atoms with Crippen molar-refractivity contribution in [1.29, 1.82) is 5.26 Å². The molecule has 0 atom stereocenters. The number of halogens is 1. The Bertz CT molecular complexity index is 384. The van der Waals surface area contributed by atoms with E-state index in [0.717, 1.165) is 5.56 Å². The van der Waals surface area contributed by atoms with Gasteiger partial charge in [0, 0.05) is 10.6 Å². The van der Waals surface area contributed by atoms with Crippen LogP contribution >= 0.6 is 11.6 Å². The minimum atomic E-state index is 0.198. The van der Waals surface area contributed by atoms with Gasteiger partial charge >= 0.3 is 0 Å². The lowest BCUT2D eigenvalue weighted by atomic mass is 10.1. The molecule has 66 valence electrons. The van der Waals surface area contributed by atoms with E-state index in [9.17, 15) is 0 Å². The van der Waals surface area contributed by atoms with Crippen LogP contribution in [0, 0.1) is 11.3 Å². The van der Waals surface area contributed by atoms with Gasteiger partial charge in [0.1, 0.15) is 11.8 Å². The van der Waals surface area contributed by atoms with Crippen LogP contribution in [0.2, 0.25) is 5.02 Å². The molecule has 1 aromatic carbocycles. The van der Waals surface area contributed by atoms with Crippen molar-refractivity contribution >= 4 is 11.6 Å². The molecule has 0 aliphatic carbocycles. The van der Waals surface area contributed by atoms with Gasteiger partial charge in [0.2, 0.25) is 0 Å². The van der Waals surface area contributed by atoms with E-state index in [1.807, 2.05) is 6.07 Å². The van der Waals surface area contributed by atoms with Gasteiger partial charge in [-0.25, -0.2) is 0 Å². The van der Waals surface area contributed by atoms with Crippen LogP contribution in [-0.4, -0.2) is 6.79 Å². The molecule has 1 aromatic rings. The second-order valence-electron chi connectivity index (χ2n) is 2.66. The first-order valence-electron chi connectivity index (χ1n) is 3.74. The molecule has 0 fully saturated rings. The van der Waals surface area contributed by atoms with E-state index in [2.05, 4.69) is 0 Å². The summed E-state index contributed by atoms with van der Waals surface area (Å²) < 4.78 is 10.3. The van der Waals surface area contributed by atoms with Gasteiger partial charge < -0.3 is 9.47 Å². The summed E-state index contributed by atoms with van der Waals surface area (Å²) in [6.07, 6.45) is 0. The Labute approximate surface area is 80.4 Å². The monoisotopic (exact) mass is 195 g/mol. The van der Waals surface area contributed by atoms with E-state index in [1.165, 1.54) is 0 Å². The maximum Gasteiger partial charge on any atom is 0.189 e. The molecular weight excluding hydrogens is 190 g/mol. The Hall–Kier alpha value is -1.24. The average Bonchev–Trinajstić information content (AvgIpc) is 2.16. The van der Waals surface area contributed by atoms with Crippen LogP contribution in [0.4, 0.5) is 0 Å². The van der Waals surface area contributed by atoms with Gasteiger partial charge in [-0.05, 0) is 12.1 Å². The Kier molecular flexibility index (Phi) is 2.09. The molecule has 2 rings (SSSR count). The minimum absolute atomic E-state index is 0.198. The number of nitrogens with zero attached hydrogens (tertiary/aromatic N) is 1. The van der Waals surface area contributed by atoms with Crippen LogP contribution in [-0.2, 0) is 11.3 Å². The third-order valence-corrected chi connectivity index (χ3v) is 2.01. The number of hydrogen-bond donors (Lipinski definition) is 0. The van der Waals surface area contributed by atoms with Gasteiger partial charge in [0.25, 0.3) is 0 Å². The molecule has 1 aliphatic heterocycles. The average molecular weight is 196 g/mol. The van der Waals surface area contributed by atoms with E-state index < -0.39 is 0 Å². The van der Waals surface area contributed by atoms with Gasteiger partial charge in [-0.2, -0.15) is 5.26 Å². The van der Waals surface area contributed by atoms with Crippen LogP contribution in [0.3, 0.4) is 0 Å². The van der Waals surface area contributed by atoms with Gasteiger partial charge in [0.05, 0.1) is 12.2 Å². The number of benzene rings is 1. The summed E-state index contributed by atoms with van der Waals surface area (Å²) in [6, 6.07) is 5.37. The molecule has 0 unspecified atom stereocenters. The minimum Gasteiger partial charge on any atom is -0.466 e.